The van der Waals surface area contributed by atoms with Crippen LogP contribution in [0.2, 0.25) is 0 Å². The highest BCUT2D eigenvalue weighted by atomic mass is 19.1. The fourth-order valence-corrected chi connectivity index (χ4v) is 1.47. The molecule has 0 saturated heterocycles. The van der Waals surface area contributed by atoms with Gasteiger partial charge in [-0.1, -0.05) is 18.2 Å². The number of nitrogens with zero attached hydrogens (tertiary/aromatic N) is 2. The lowest BCUT2D eigenvalue weighted by Crippen LogP contribution is -2.20. The Hall–Kier alpha value is -1.87. The molecule has 0 amide bonds. The van der Waals surface area contributed by atoms with Crippen molar-refractivity contribution in [3.8, 4) is 12.1 Å². The average molecular weight is 202 g/mol. The molecule has 0 aliphatic rings. The van der Waals surface area contributed by atoms with E-state index in [1.807, 2.05) is 6.07 Å². The van der Waals surface area contributed by atoms with Crippen molar-refractivity contribution in [1.82, 2.24) is 0 Å². The van der Waals surface area contributed by atoms with Gasteiger partial charge in [-0.05, 0) is 19.4 Å². The lowest BCUT2D eigenvalue weighted by atomic mass is 9.80. The van der Waals surface area contributed by atoms with Crippen LogP contribution in [0.4, 0.5) is 4.39 Å². The van der Waals surface area contributed by atoms with E-state index < -0.39 is 5.41 Å². The van der Waals surface area contributed by atoms with E-state index in [0.29, 0.717) is 12.0 Å². The number of halogens is 1. The predicted octanol–water partition coefficient (Wildman–Crippen LogP) is 2.91. The number of hydrogen-bond acceptors (Lipinski definition) is 2. The molecule has 1 aromatic rings. The van der Waals surface area contributed by atoms with Crippen LogP contribution in [-0.4, -0.2) is 0 Å². The van der Waals surface area contributed by atoms with E-state index in [1.54, 1.807) is 25.1 Å². The van der Waals surface area contributed by atoms with Crippen molar-refractivity contribution in [2.24, 2.45) is 0 Å². The van der Waals surface area contributed by atoms with Crippen molar-refractivity contribution in [1.29, 1.82) is 10.5 Å². The summed E-state index contributed by atoms with van der Waals surface area (Å²) < 4.78 is 13.5. The Kier molecular flexibility index (Phi) is 3.42. The minimum absolute atomic E-state index is 0.248. The number of benzene rings is 1. The first-order valence-electron chi connectivity index (χ1n) is 4.67. The van der Waals surface area contributed by atoms with Crippen molar-refractivity contribution in [3.63, 3.8) is 0 Å². The zero-order valence-corrected chi connectivity index (χ0v) is 8.50. The third-order valence-corrected chi connectivity index (χ3v) is 2.45. The molecule has 0 aliphatic carbocycles. The van der Waals surface area contributed by atoms with Gasteiger partial charge in [0.15, 0.2) is 0 Å². The fraction of sp³-hybridized carbons (Fsp3) is 0.333. The quantitative estimate of drug-likeness (QED) is 0.756. The first-order valence-corrected chi connectivity index (χ1v) is 4.67. The van der Waals surface area contributed by atoms with Crippen LogP contribution in [0.15, 0.2) is 24.3 Å². The topological polar surface area (TPSA) is 47.6 Å². The Bertz CT molecular complexity index is 428. The third-order valence-electron chi connectivity index (χ3n) is 2.45. The molecule has 0 saturated carbocycles. The van der Waals surface area contributed by atoms with Crippen LogP contribution in [0.1, 0.15) is 25.3 Å². The van der Waals surface area contributed by atoms with Gasteiger partial charge in [-0.15, -0.1) is 0 Å². The molecule has 0 aromatic heterocycles. The van der Waals surface area contributed by atoms with Crippen molar-refractivity contribution in [3.05, 3.63) is 35.6 Å². The first-order chi connectivity index (χ1) is 7.14. The summed E-state index contributed by atoms with van der Waals surface area (Å²) in [6.07, 6.45) is 0.597. The van der Waals surface area contributed by atoms with E-state index >= 15 is 0 Å². The Labute approximate surface area is 88.6 Å². The molecule has 1 unspecified atom stereocenters. The standard InChI is InChI=1S/C12H11FN2/c1-12(9-15,7-4-8-14)10-5-2-3-6-11(10)13/h2-3,5-6H,4,7H2,1H3. The van der Waals surface area contributed by atoms with Crippen molar-refractivity contribution >= 4 is 0 Å². The second-order valence-electron chi connectivity index (χ2n) is 3.58. The van der Waals surface area contributed by atoms with Gasteiger partial charge >= 0.3 is 0 Å². The van der Waals surface area contributed by atoms with Crippen molar-refractivity contribution < 1.29 is 4.39 Å². The molecule has 0 fully saturated rings. The zero-order valence-electron chi connectivity index (χ0n) is 8.50. The molecule has 15 heavy (non-hydrogen) atoms. The molecular weight excluding hydrogens is 191 g/mol. The first kappa shape index (κ1) is 11.2. The van der Waals surface area contributed by atoms with E-state index in [2.05, 4.69) is 6.07 Å². The molecule has 1 atom stereocenters. The molecule has 3 heteroatoms. The molecule has 0 heterocycles. The summed E-state index contributed by atoms with van der Waals surface area (Å²) in [5.74, 6) is -0.389. The summed E-state index contributed by atoms with van der Waals surface area (Å²) >= 11 is 0. The highest BCUT2D eigenvalue weighted by Crippen LogP contribution is 2.29. The van der Waals surface area contributed by atoms with Crippen LogP contribution >= 0.6 is 0 Å². The van der Waals surface area contributed by atoms with Gasteiger partial charge in [0, 0.05) is 12.0 Å². The van der Waals surface area contributed by atoms with Crippen LogP contribution in [-0.2, 0) is 5.41 Å². The summed E-state index contributed by atoms with van der Waals surface area (Å²) in [5, 5.41) is 17.6. The molecule has 1 aromatic carbocycles. The fourth-order valence-electron chi connectivity index (χ4n) is 1.47. The lowest BCUT2D eigenvalue weighted by molar-refractivity contribution is 0.512. The monoisotopic (exact) mass is 202 g/mol. The molecule has 1 rings (SSSR count). The van der Waals surface area contributed by atoms with Crippen LogP contribution < -0.4 is 0 Å². The lowest BCUT2D eigenvalue weighted by Gasteiger charge is -2.21. The van der Waals surface area contributed by atoms with Gasteiger partial charge in [-0.3, -0.25) is 0 Å². The average Bonchev–Trinajstić information content (AvgIpc) is 2.26. The molecule has 2 nitrogen and oxygen atoms in total. The zero-order chi connectivity index (χ0) is 11.3. The van der Waals surface area contributed by atoms with E-state index in [9.17, 15) is 4.39 Å². The highest BCUT2D eigenvalue weighted by molar-refractivity contribution is 5.32. The molecule has 0 aliphatic heterocycles. The highest BCUT2D eigenvalue weighted by Gasteiger charge is 2.28. The SMILES string of the molecule is CC(C#N)(CCC#N)c1ccccc1F. The summed E-state index contributed by atoms with van der Waals surface area (Å²) in [6.45, 7) is 1.66. The van der Waals surface area contributed by atoms with Crippen LogP contribution in [0.25, 0.3) is 0 Å². The maximum Gasteiger partial charge on any atom is 0.128 e. The van der Waals surface area contributed by atoms with E-state index in [4.69, 9.17) is 10.5 Å². The normalized spacial score (nSPS) is 13.6. The molecule has 76 valence electrons. The van der Waals surface area contributed by atoms with Gasteiger partial charge in [-0.2, -0.15) is 10.5 Å². The number of nitriles is 2. The van der Waals surface area contributed by atoms with Crippen molar-refractivity contribution in [2.75, 3.05) is 0 Å². The van der Waals surface area contributed by atoms with Gasteiger partial charge < -0.3 is 0 Å². The summed E-state index contributed by atoms with van der Waals surface area (Å²) in [6, 6.07) is 10.3. The van der Waals surface area contributed by atoms with Crippen LogP contribution in [0.5, 0.6) is 0 Å². The minimum Gasteiger partial charge on any atom is -0.207 e. The predicted molar refractivity (Wildman–Crippen MR) is 54.2 cm³/mol. The Morgan fingerprint density at radius 1 is 1.33 bits per heavy atom. The molecule has 0 radical (unpaired) electrons. The maximum atomic E-state index is 13.5. The maximum absolute atomic E-state index is 13.5. The Morgan fingerprint density at radius 2 is 2.00 bits per heavy atom. The molecule has 0 bridgehead atoms. The van der Waals surface area contributed by atoms with Gasteiger partial charge in [0.1, 0.15) is 5.82 Å². The second kappa shape index (κ2) is 4.57. The van der Waals surface area contributed by atoms with E-state index in [0.717, 1.165) is 0 Å². The summed E-state index contributed by atoms with van der Waals surface area (Å²) in [5.41, 5.74) is -0.552. The van der Waals surface area contributed by atoms with E-state index in [1.165, 1.54) is 6.07 Å². The summed E-state index contributed by atoms with van der Waals surface area (Å²) in [7, 11) is 0. The number of rotatable bonds is 3. The largest absolute Gasteiger partial charge is 0.207 e. The third kappa shape index (κ3) is 2.33. The van der Waals surface area contributed by atoms with Gasteiger partial charge in [-0.25, -0.2) is 4.39 Å². The Morgan fingerprint density at radius 3 is 2.53 bits per heavy atom. The van der Waals surface area contributed by atoms with Gasteiger partial charge in [0.2, 0.25) is 0 Å². The Balaban J connectivity index is 3.08. The summed E-state index contributed by atoms with van der Waals surface area (Å²) in [4.78, 5) is 0. The molecular formula is C12H11FN2. The minimum atomic E-state index is -0.916. The number of hydrogen-bond donors (Lipinski definition) is 0. The van der Waals surface area contributed by atoms with Gasteiger partial charge in [0.05, 0.1) is 17.6 Å². The molecule has 0 N–H and O–H groups in total. The van der Waals surface area contributed by atoms with Gasteiger partial charge in [0.25, 0.3) is 0 Å². The van der Waals surface area contributed by atoms with Crippen molar-refractivity contribution in [2.45, 2.75) is 25.2 Å². The van der Waals surface area contributed by atoms with E-state index in [-0.39, 0.29) is 12.2 Å². The van der Waals surface area contributed by atoms with Crippen LogP contribution in [0.3, 0.4) is 0 Å². The molecule has 0 spiro atoms. The van der Waals surface area contributed by atoms with Crippen LogP contribution in [0, 0.1) is 28.5 Å². The second-order valence-corrected chi connectivity index (χ2v) is 3.58. The smallest absolute Gasteiger partial charge is 0.128 e.